The van der Waals surface area contributed by atoms with E-state index in [1.54, 1.807) is 62.3 Å². The Balaban J connectivity index is 0. The van der Waals surface area contributed by atoms with E-state index in [1.807, 2.05) is 27.7 Å². The molecule has 0 bridgehead atoms. The summed E-state index contributed by atoms with van der Waals surface area (Å²) in [4.78, 5) is 26.0. The Morgan fingerprint density at radius 3 is 1.58 bits per heavy atom. The number of hydrogen-bond acceptors (Lipinski definition) is 15. The number of rotatable bonds is 22. The largest absolute Gasteiger partial charge is 0.469 e. The van der Waals surface area contributed by atoms with E-state index in [1.165, 1.54) is 7.11 Å². The molecule has 1 saturated heterocycles. The summed E-state index contributed by atoms with van der Waals surface area (Å²) in [6.07, 6.45) is -8.12. The van der Waals surface area contributed by atoms with Gasteiger partial charge in [-0.2, -0.15) is 0 Å². The molecule has 1 rings (SSSR count). The minimum Gasteiger partial charge on any atom is -0.469 e. The van der Waals surface area contributed by atoms with E-state index in [0.29, 0.717) is 13.0 Å². The molecule has 0 aromatic carbocycles. The van der Waals surface area contributed by atoms with E-state index in [2.05, 4.69) is 0 Å². The fraction of sp³-hybridized carbons (Fsp3) is 0.947. The SMILES string of the molecule is CC.CC.COC(=O)C(C(O)C(O)[C@@H](CO)OC(C)(C)CCOC(C)(C)C(C(=O)OCC1CCCO1)C(O)C(O)[C@@H](CO)OC(C)(C)C)C(C)(C)OC. The molecule has 9 atom stereocenters. The Kier molecular flexibility index (Phi) is 25.2. The molecule has 7 unspecified atom stereocenters. The van der Waals surface area contributed by atoms with Crippen LogP contribution in [0.15, 0.2) is 0 Å². The van der Waals surface area contributed by atoms with Gasteiger partial charge in [0.1, 0.15) is 42.9 Å². The first-order valence-corrected chi connectivity index (χ1v) is 18.8. The fourth-order valence-electron chi connectivity index (χ4n) is 5.80. The maximum Gasteiger partial charge on any atom is 0.314 e. The predicted molar refractivity (Wildman–Crippen MR) is 199 cm³/mol. The number of carbonyl (C=O) groups excluding carboxylic acids is 2. The van der Waals surface area contributed by atoms with Crippen molar-refractivity contribution in [2.45, 2.75) is 174 Å². The molecule has 53 heavy (non-hydrogen) atoms. The molecule has 1 heterocycles. The second-order valence-electron chi connectivity index (χ2n) is 15.3. The van der Waals surface area contributed by atoms with Crippen LogP contribution in [0.25, 0.3) is 0 Å². The molecule has 6 N–H and O–H groups in total. The van der Waals surface area contributed by atoms with Gasteiger partial charge in [-0.3, -0.25) is 9.59 Å². The van der Waals surface area contributed by atoms with E-state index < -0.39 is 96.0 Å². The van der Waals surface area contributed by atoms with Crippen molar-refractivity contribution in [1.82, 2.24) is 0 Å². The third-order valence-corrected chi connectivity index (χ3v) is 8.83. The lowest BCUT2D eigenvalue weighted by atomic mass is 9.82. The molecule has 0 amide bonds. The molecule has 15 nitrogen and oxygen atoms in total. The van der Waals surface area contributed by atoms with Gasteiger partial charge in [-0.15, -0.1) is 0 Å². The zero-order valence-electron chi connectivity index (χ0n) is 35.2. The molecule has 1 aliphatic rings. The van der Waals surface area contributed by atoms with Crippen molar-refractivity contribution >= 4 is 11.9 Å². The zero-order valence-corrected chi connectivity index (χ0v) is 35.2. The summed E-state index contributed by atoms with van der Waals surface area (Å²) in [5.74, 6) is -4.42. The van der Waals surface area contributed by atoms with Crippen LogP contribution in [0, 0.1) is 11.8 Å². The van der Waals surface area contributed by atoms with Crippen molar-refractivity contribution < 1.29 is 73.4 Å². The van der Waals surface area contributed by atoms with Crippen LogP contribution in [0.5, 0.6) is 0 Å². The van der Waals surface area contributed by atoms with Crippen LogP contribution in [0.3, 0.4) is 0 Å². The molecule has 318 valence electrons. The highest BCUT2D eigenvalue weighted by Crippen LogP contribution is 2.33. The minimum atomic E-state index is -1.77. The zero-order chi connectivity index (χ0) is 42.0. The van der Waals surface area contributed by atoms with Gasteiger partial charge in [-0.25, -0.2) is 0 Å². The van der Waals surface area contributed by atoms with E-state index in [9.17, 15) is 40.2 Å². The van der Waals surface area contributed by atoms with Crippen molar-refractivity contribution in [1.29, 1.82) is 0 Å². The normalized spacial score (nSPS) is 19.9. The van der Waals surface area contributed by atoms with Crippen molar-refractivity contribution in [2.75, 3.05) is 47.3 Å². The monoisotopic (exact) mass is 773 g/mol. The summed E-state index contributed by atoms with van der Waals surface area (Å²) in [5.41, 5.74) is -4.56. The van der Waals surface area contributed by atoms with Gasteiger partial charge in [0.25, 0.3) is 0 Å². The summed E-state index contributed by atoms with van der Waals surface area (Å²) in [7, 11) is 2.49. The number of aliphatic hydroxyl groups excluding tert-OH is 6. The van der Waals surface area contributed by atoms with E-state index in [-0.39, 0.29) is 25.7 Å². The number of methoxy groups -OCH3 is 2. The Labute approximate surface area is 318 Å². The summed E-state index contributed by atoms with van der Waals surface area (Å²) in [6, 6.07) is 0. The molecular formula is C38H76O15. The van der Waals surface area contributed by atoms with Gasteiger partial charge in [0.15, 0.2) is 0 Å². The molecule has 0 aromatic heterocycles. The number of hydrogen-bond donors (Lipinski definition) is 6. The molecule has 0 saturated carbocycles. The smallest absolute Gasteiger partial charge is 0.314 e. The predicted octanol–water partition coefficient (Wildman–Crippen LogP) is 2.55. The van der Waals surface area contributed by atoms with E-state index >= 15 is 0 Å². The Morgan fingerprint density at radius 2 is 1.19 bits per heavy atom. The summed E-state index contributed by atoms with van der Waals surface area (Å²) >= 11 is 0. The Bertz CT molecular complexity index is 991. The van der Waals surface area contributed by atoms with Crippen LogP contribution in [0.2, 0.25) is 0 Å². The van der Waals surface area contributed by atoms with Crippen LogP contribution in [0.1, 0.15) is 109 Å². The number of ether oxygens (including phenoxy) is 7. The number of esters is 2. The first-order chi connectivity index (χ1) is 24.5. The maximum absolute atomic E-state index is 13.5. The van der Waals surface area contributed by atoms with E-state index in [0.717, 1.165) is 13.5 Å². The highest BCUT2D eigenvalue weighted by atomic mass is 16.6. The quantitative estimate of drug-likeness (QED) is 0.0872. The third-order valence-electron chi connectivity index (χ3n) is 8.83. The minimum absolute atomic E-state index is 0.0495. The first kappa shape index (κ1) is 53.6. The summed E-state index contributed by atoms with van der Waals surface area (Å²) in [6.45, 7) is 21.8. The average Bonchev–Trinajstić information content (AvgIpc) is 3.62. The number of aliphatic hydroxyl groups is 6. The van der Waals surface area contributed by atoms with Crippen LogP contribution in [-0.2, 0) is 42.7 Å². The van der Waals surface area contributed by atoms with Gasteiger partial charge in [0.2, 0.25) is 0 Å². The second-order valence-corrected chi connectivity index (χ2v) is 15.3. The lowest BCUT2D eigenvalue weighted by molar-refractivity contribution is -0.205. The van der Waals surface area contributed by atoms with Crippen LogP contribution in [-0.4, -0.2) is 155 Å². The van der Waals surface area contributed by atoms with Crippen LogP contribution >= 0.6 is 0 Å². The van der Waals surface area contributed by atoms with E-state index in [4.69, 9.17) is 33.2 Å². The highest BCUT2D eigenvalue weighted by molar-refractivity contribution is 5.75. The maximum atomic E-state index is 13.5. The Hall–Kier alpha value is -1.50. The molecule has 0 radical (unpaired) electrons. The summed E-state index contributed by atoms with van der Waals surface area (Å²) in [5, 5.41) is 64.5. The molecule has 1 fully saturated rings. The lowest BCUT2D eigenvalue weighted by Gasteiger charge is -2.41. The Morgan fingerprint density at radius 1 is 0.717 bits per heavy atom. The fourth-order valence-corrected chi connectivity index (χ4v) is 5.80. The lowest BCUT2D eigenvalue weighted by Crippen LogP contribution is -2.56. The van der Waals surface area contributed by atoms with Gasteiger partial charge in [0, 0.05) is 13.7 Å². The van der Waals surface area contributed by atoms with Crippen LogP contribution in [0.4, 0.5) is 0 Å². The van der Waals surface area contributed by atoms with Crippen LogP contribution < -0.4 is 0 Å². The highest BCUT2D eigenvalue weighted by Gasteiger charge is 2.49. The molecule has 0 aromatic rings. The van der Waals surface area contributed by atoms with Crippen molar-refractivity contribution in [3.8, 4) is 0 Å². The standard InChI is InChI=1S/C34H64O15.2C2H6/c1-31(2,3)48-21(17-35)25(37)28(40)24(30(42)46-19-20-13-12-15-45-20)34(8,9)47-16-14-32(4,5)49-22(18-36)26(38)27(39)23(29(41)43-10)33(6,7)44-11;2*1-2/h20-28,35-40H,12-19H2,1-11H3;2*1-2H3/t20?,21-,22-,23?,24?,25?,26?,27?,28?;;/m1../s1. The van der Waals surface area contributed by atoms with Gasteiger partial charge in [-0.05, 0) is 81.6 Å². The molecule has 1 aliphatic heterocycles. The second kappa shape index (κ2) is 24.9. The third kappa shape index (κ3) is 17.9. The van der Waals surface area contributed by atoms with Gasteiger partial charge in [0.05, 0.1) is 67.6 Å². The molecule has 0 aliphatic carbocycles. The van der Waals surface area contributed by atoms with Gasteiger partial charge >= 0.3 is 11.9 Å². The van der Waals surface area contributed by atoms with Crippen molar-refractivity contribution in [3.05, 3.63) is 0 Å². The summed E-state index contributed by atoms with van der Waals surface area (Å²) < 4.78 is 39.1. The average molecular weight is 773 g/mol. The first-order valence-electron chi connectivity index (χ1n) is 18.8. The van der Waals surface area contributed by atoms with Gasteiger partial charge in [-0.1, -0.05) is 27.7 Å². The molecule has 0 spiro atoms. The van der Waals surface area contributed by atoms with Crippen molar-refractivity contribution in [3.63, 3.8) is 0 Å². The van der Waals surface area contributed by atoms with Crippen molar-refractivity contribution in [2.24, 2.45) is 11.8 Å². The molecular weight excluding hydrogens is 696 g/mol. The molecule has 15 heteroatoms. The topological polar surface area (TPSA) is 220 Å². The number of carbonyl (C=O) groups is 2. The van der Waals surface area contributed by atoms with Gasteiger partial charge < -0.3 is 63.8 Å².